The third-order valence-electron chi connectivity index (χ3n) is 7.04. The van der Waals surface area contributed by atoms with Crippen LogP contribution in [-0.4, -0.2) is 53.0 Å². The summed E-state index contributed by atoms with van der Waals surface area (Å²) in [5.41, 5.74) is 8.00. The summed E-state index contributed by atoms with van der Waals surface area (Å²) < 4.78 is 2.28. The Hall–Kier alpha value is -3.36. The number of hydrogen-bond acceptors (Lipinski definition) is 3. The molecule has 0 atom stereocenters. The van der Waals surface area contributed by atoms with Gasteiger partial charge in [0.25, 0.3) is 0 Å². The first-order chi connectivity index (χ1) is 17.4. The van der Waals surface area contributed by atoms with Gasteiger partial charge >= 0.3 is 0 Å². The maximum Gasteiger partial charge on any atom is 0.223 e. The van der Waals surface area contributed by atoms with E-state index in [1.54, 1.807) is 0 Å². The van der Waals surface area contributed by atoms with Gasteiger partial charge in [0.2, 0.25) is 5.91 Å². The van der Waals surface area contributed by atoms with E-state index in [0.29, 0.717) is 25.2 Å². The molecule has 36 heavy (non-hydrogen) atoms. The van der Waals surface area contributed by atoms with Crippen LogP contribution in [-0.2, 0) is 17.6 Å². The highest BCUT2D eigenvalue weighted by Gasteiger charge is 2.22. The predicted molar refractivity (Wildman–Crippen MR) is 146 cm³/mol. The molecule has 0 spiro atoms. The maximum atomic E-state index is 13.1. The lowest BCUT2D eigenvalue weighted by Gasteiger charge is -2.35. The molecule has 1 aliphatic heterocycles. The van der Waals surface area contributed by atoms with Crippen molar-refractivity contribution in [1.29, 1.82) is 5.26 Å². The molecule has 188 valence electrons. The minimum Gasteiger partial charge on any atom is -0.340 e. The molecule has 1 amide bonds. The zero-order valence-corrected chi connectivity index (χ0v) is 22.1. The van der Waals surface area contributed by atoms with E-state index in [2.05, 4.69) is 85.7 Å². The monoisotopic (exact) mass is 482 g/mol. The molecule has 0 bridgehead atoms. The molecule has 1 fully saturated rings. The Kier molecular flexibility index (Phi) is 8.28. The van der Waals surface area contributed by atoms with E-state index in [4.69, 9.17) is 5.26 Å². The summed E-state index contributed by atoms with van der Waals surface area (Å²) in [6.07, 6.45) is 1.60. The zero-order chi connectivity index (χ0) is 25.7. The molecule has 1 aromatic heterocycles. The first kappa shape index (κ1) is 25.7. The van der Waals surface area contributed by atoms with Gasteiger partial charge in [0.05, 0.1) is 18.2 Å². The molecule has 5 heteroatoms. The van der Waals surface area contributed by atoms with Crippen LogP contribution >= 0.6 is 0 Å². The van der Waals surface area contributed by atoms with Crippen molar-refractivity contribution in [1.82, 2.24) is 14.4 Å². The minimum absolute atomic E-state index is 0.240. The van der Waals surface area contributed by atoms with E-state index < -0.39 is 0 Å². The minimum atomic E-state index is 0.240. The van der Waals surface area contributed by atoms with E-state index in [-0.39, 0.29) is 5.91 Å². The molecular weight excluding hydrogens is 444 g/mol. The largest absolute Gasteiger partial charge is 0.340 e. The third kappa shape index (κ3) is 6.06. The van der Waals surface area contributed by atoms with Crippen LogP contribution in [0.3, 0.4) is 0 Å². The smallest absolute Gasteiger partial charge is 0.223 e. The Bertz CT molecular complexity index is 1220. The number of carbonyl (C=O) groups excluding carboxylic acids is 1. The van der Waals surface area contributed by atoms with Gasteiger partial charge < -0.3 is 9.47 Å². The molecular formula is C31H38N4O. The van der Waals surface area contributed by atoms with Gasteiger partial charge in [-0.05, 0) is 61.6 Å². The quantitative estimate of drug-likeness (QED) is 0.422. The summed E-state index contributed by atoms with van der Waals surface area (Å²) in [7, 11) is 0. The van der Waals surface area contributed by atoms with Crippen LogP contribution in [0, 0.1) is 31.1 Å². The highest BCUT2D eigenvalue weighted by atomic mass is 16.2. The van der Waals surface area contributed by atoms with Crippen molar-refractivity contribution in [2.75, 3.05) is 32.7 Å². The van der Waals surface area contributed by atoms with Crippen LogP contribution in [0.4, 0.5) is 0 Å². The fourth-order valence-electron chi connectivity index (χ4n) is 5.23. The second-order valence-electron chi connectivity index (χ2n) is 10.4. The number of hydrogen-bond donors (Lipinski definition) is 0. The van der Waals surface area contributed by atoms with Crippen molar-refractivity contribution in [2.24, 2.45) is 5.92 Å². The van der Waals surface area contributed by atoms with E-state index in [0.717, 1.165) is 55.4 Å². The van der Waals surface area contributed by atoms with Gasteiger partial charge in [-0.15, -0.1) is 0 Å². The molecule has 0 saturated carbocycles. The van der Waals surface area contributed by atoms with E-state index >= 15 is 0 Å². The van der Waals surface area contributed by atoms with E-state index in [1.807, 2.05) is 17.0 Å². The summed E-state index contributed by atoms with van der Waals surface area (Å²) in [6.45, 7) is 13.4. The molecule has 4 rings (SSSR count). The lowest BCUT2D eigenvalue weighted by Crippen LogP contribution is -2.49. The summed E-state index contributed by atoms with van der Waals surface area (Å²) in [6, 6.07) is 21.3. The Morgan fingerprint density at radius 3 is 2.33 bits per heavy atom. The first-order valence-corrected chi connectivity index (χ1v) is 13.1. The summed E-state index contributed by atoms with van der Waals surface area (Å²) in [5, 5.41) is 9.05. The average molecular weight is 483 g/mol. The first-order valence-electron chi connectivity index (χ1n) is 13.1. The lowest BCUT2D eigenvalue weighted by atomic mass is 10.0. The van der Waals surface area contributed by atoms with E-state index in [9.17, 15) is 4.79 Å². The number of benzene rings is 2. The molecule has 1 saturated heterocycles. The highest BCUT2D eigenvalue weighted by molar-refractivity contribution is 5.77. The van der Waals surface area contributed by atoms with Gasteiger partial charge in [-0.1, -0.05) is 49.7 Å². The molecule has 0 aliphatic carbocycles. The van der Waals surface area contributed by atoms with Crippen LogP contribution in [0.2, 0.25) is 0 Å². The molecule has 0 unspecified atom stereocenters. The van der Waals surface area contributed by atoms with Crippen molar-refractivity contribution in [3.05, 3.63) is 77.0 Å². The fraction of sp³-hybridized carbons (Fsp3) is 0.419. The second-order valence-corrected chi connectivity index (χ2v) is 10.4. The van der Waals surface area contributed by atoms with Crippen molar-refractivity contribution < 1.29 is 4.79 Å². The zero-order valence-electron chi connectivity index (χ0n) is 22.1. The third-order valence-corrected chi connectivity index (χ3v) is 7.04. The second kappa shape index (κ2) is 11.6. The summed E-state index contributed by atoms with van der Waals surface area (Å²) >= 11 is 0. The van der Waals surface area contributed by atoms with Crippen molar-refractivity contribution >= 4 is 5.91 Å². The number of aromatic nitrogens is 1. The van der Waals surface area contributed by atoms with Gasteiger partial charge in [0, 0.05) is 56.1 Å². The molecule has 1 aliphatic rings. The van der Waals surface area contributed by atoms with Crippen LogP contribution < -0.4 is 0 Å². The molecule has 0 radical (unpaired) electrons. The number of carbonyl (C=O) groups is 1. The van der Waals surface area contributed by atoms with Crippen molar-refractivity contribution in [3.8, 4) is 23.0 Å². The van der Waals surface area contributed by atoms with Gasteiger partial charge in [-0.3, -0.25) is 9.69 Å². The molecule has 2 heterocycles. The van der Waals surface area contributed by atoms with Crippen LogP contribution in [0.25, 0.3) is 16.9 Å². The molecule has 3 aromatic rings. The number of nitriles is 1. The van der Waals surface area contributed by atoms with E-state index in [1.165, 1.54) is 16.7 Å². The Morgan fingerprint density at radius 1 is 0.972 bits per heavy atom. The molecule has 5 nitrogen and oxygen atoms in total. The number of nitrogens with zero attached hydrogens (tertiary/aromatic N) is 4. The topological polar surface area (TPSA) is 52.3 Å². The molecule has 0 N–H and O–H groups in total. The van der Waals surface area contributed by atoms with Crippen LogP contribution in [0.1, 0.15) is 42.7 Å². The lowest BCUT2D eigenvalue weighted by molar-refractivity contribution is -0.133. The van der Waals surface area contributed by atoms with Crippen LogP contribution in [0.5, 0.6) is 0 Å². The summed E-state index contributed by atoms with van der Waals surface area (Å²) in [4.78, 5) is 17.6. The van der Waals surface area contributed by atoms with Gasteiger partial charge in [0.1, 0.15) is 0 Å². The number of amides is 1. The Morgan fingerprint density at radius 2 is 1.69 bits per heavy atom. The fourth-order valence-corrected chi connectivity index (χ4v) is 5.23. The van der Waals surface area contributed by atoms with Gasteiger partial charge in [-0.2, -0.15) is 5.26 Å². The number of piperazine rings is 1. The highest BCUT2D eigenvalue weighted by Crippen LogP contribution is 2.30. The number of aryl methyl sites for hydroxylation is 3. The van der Waals surface area contributed by atoms with Crippen LogP contribution in [0.15, 0.2) is 54.6 Å². The van der Waals surface area contributed by atoms with Crippen molar-refractivity contribution in [2.45, 2.75) is 47.0 Å². The van der Waals surface area contributed by atoms with Gasteiger partial charge in [0.15, 0.2) is 0 Å². The van der Waals surface area contributed by atoms with Gasteiger partial charge in [-0.25, -0.2) is 0 Å². The summed E-state index contributed by atoms with van der Waals surface area (Å²) in [5.74, 6) is 0.893. The SMILES string of the molecule is Cc1ccc(-c2ccc(CCC(=O)N3CCN(CC(C)C)CC3)n2-c2ccc(CC#N)cc2)c(C)c1. The van der Waals surface area contributed by atoms with Crippen molar-refractivity contribution in [3.63, 3.8) is 0 Å². The average Bonchev–Trinajstić information content (AvgIpc) is 3.27. The Labute approximate surface area is 216 Å². The predicted octanol–water partition coefficient (Wildman–Crippen LogP) is 5.56. The maximum absolute atomic E-state index is 13.1. The molecule has 2 aromatic carbocycles. The normalized spacial score (nSPS) is 14.3. The Balaban J connectivity index is 1.55. The number of rotatable bonds is 8. The standard InChI is InChI=1S/C31H38N4O/c1-23(2)22-33-17-19-34(20-18-33)31(36)14-11-28-10-13-30(29-12-5-24(3)21-25(29)4)35(28)27-8-6-26(7-9-27)15-16-32/h5-10,12-13,21,23H,11,14-15,17-20,22H2,1-4H3.